The van der Waals surface area contributed by atoms with Crippen molar-refractivity contribution in [2.24, 2.45) is 11.8 Å². The van der Waals surface area contributed by atoms with Crippen LogP contribution >= 0.6 is 22.9 Å². The van der Waals surface area contributed by atoms with E-state index in [4.69, 9.17) is 11.6 Å². The van der Waals surface area contributed by atoms with Crippen LogP contribution in [0.15, 0.2) is 0 Å². The molecule has 1 aromatic heterocycles. The largest absolute Gasteiger partial charge is 0.143 e. The fourth-order valence-electron chi connectivity index (χ4n) is 2.81. The Morgan fingerprint density at radius 1 is 1.21 bits per heavy atom. The number of fused-ring (bicyclic) bond motifs is 1. The first-order valence-corrected chi connectivity index (χ1v) is 6.63. The summed E-state index contributed by atoms with van der Waals surface area (Å²) in [7, 11) is 0. The minimum atomic E-state index is 0.514. The third-order valence-electron chi connectivity index (χ3n) is 3.54. The van der Waals surface area contributed by atoms with Gasteiger partial charge < -0.3 is 0 Å². The van der Waals surface area contributed by atoms with Gasteiger partial charge in [-0.3, -0.25) is 0 Å². The second-order valence-corrected chi connectivity index (χ2v) is 5.67. The van der Waals surface area contributed by atoms with Crippen LogP contribution < -0.4 is 0 Å². The smallest absolute Gasteiger partial charge is 0.132 e. The van der Waals surface area contributed by atoms with Gasteiger partial charge in [0, 0.05) is 5.92 Å². The van der Waals surface area contributed by atoms with Gasteiger partial charge in [-0.25, -0.2) is 0 Å². The molecule has 3 rings (SSSR count). The van der Waals surface area contributed by atoms with Gasteiger partial charge in [0.25, 0.3) is 0 Å². The summed E-state index contributed by atoms with van der Waals surface area (Å²) in [6, 6.07) is 0. The molecule has 2 fully saturated rings. The molecule has 0 N–H and O–H groups in total. The van der Waals surface area contributed by atoms with Crippen molar-refractivity contribution in [1.29, 1.82) is 0 Å². The highest BCUT2D eigenvalue weighted by atomic mass is 35.5. The molecule has 0 saturated heterocycles. The first-order valence-electron chi connectivity index (χ1n) is 5.28. The summed E-state index contributed by atoms with van der Waals surface area (Å²) < 4.78 is 0. The van der Waals surface area contributed by atoms with Gasteiger partial charge in [0.1, 0.15) is 10.0 Å². The van der Waals surface area contributed by atoms with Crippen molar-refractivity contribution in [2.45, 2.75) is 37.5 Å². The molecular formula is C10H13ClN2S. The Balaban J connectivity index is 1.77. The van der Waals surface area contributed by atoms with Crippen LogP contribution in [0.4, 0.5) is 0 Å². The number of rotatable bonds is 2. The molecule has 0 bridgehead atoms. The Kier molecular flexibility index (Phi) is 2.25. The average molecular weight is 229 g/mol. The lowest BCUT2D eigenvalue weighted by Crippen LogP contribution is -1.91. The molecule has 76 valence electrons. The van der Waals surface area contributed by atoms with E-state index < -0.39 is 0 Å². The summed E-state index contributed by atoms with van der Waals surface area (Å²) >= 11 is 7.44. The van der Waals surface area contributed by atoms with Crippen molar-refractivity contribution in [1.82, 2.24) is 10.2 Å². The molecule has 0 spiro atoms. The third kappa shape index (κ3) is 1.38. The highest BCUT2D eigenvalue weighted by molar-refractivity contribution is 7.11. The zero-order chi connectivity index (χ0) is 9.54. The van der Waals surface area contributed by atoms with Crippen LogP contribution in [-0.4, -0.2) is 10.2 Å². The normalized spacial score (nSPS) is 35.4. The fraction of sp³-hybridized carbons (Fsp3) is 0.800. The number of hydrogen-bond donors (Lipinski definition) is 0. The Bertz CT molecular complexity index is 327. The summed E-state index contributed by atoms with van der Waals surface area (Å²) in [6.07, 6.45) is 5.65. The van der Waals surface area contributed by atoms with E-state index in [0.29, 0.717) is 5.88 Å². The predicted octanol–water partition coefficient (Wildman–Crippen LogP) is 3.18. The maximum absolute atomic E-state index is 5.73. The number of halogens is 1. The maximum atomic E-state index is 5.73. The van der Waals surface area contributed by atoms with Gasteiger partial charge in [0.15, 0.2) is 0 Å². The molecule has 2 unspecified atom stereocenters. The van der Waals surface area contributed by atoms with Gasteiger partial charge in [0.2, 0.25) is 0 Å². The van der Waals surface area contributed by atoms with Crippen molar-refractivity contribution in [3.05, 3.63) is 10.0 Å². The lowest BCUT2D eigenvalue weighted by molar-refractivity contribution is 0.480. The Labute approximate surface area is 92.7 Å². The van der Waals surface area contributed by atoms with Crippen LogP contribution in [0.25, 0.3) is 0 Å². The van der Waals surface area contributed by atoms with Crippen molar-refractivity contribution in [2.75, 3.05) is 0 Å². The van der Waals surface area contributed by atoms with Crippen LogP contribution in [0.3, 0.4) is 0 Å². The van der Waals surface area contributed by atoms with Crippen molar-refractivity contribution < 1.29 is 0 Å². The highest BCUT2D eigenvalue weighted by Crippen LogP contribution is 2.61. The molecule has 2 saturated carbocycles. The average Bonchev–Trinajstić information content (AvgIpc) is 2.77. The van der Waals surface area contributed by atoms with E-state index in [0.717, 1.165) is 22.8 Å². The maximum Gasteiger partial charge on any atom is 0.132 e. The Hall–Kier alpha value is -0.150. The van der Waals surface area contributed by atoms with Gasteiger partial charge in [-0.1, -0.05) is 24.2 Å². The number of nitrogens with zero attached hydrogens (tertiary/aromatic N) is 2. The van der Waals surface area contributed by atoms with E-state index >= 15 is 0 Å². The molecule has 2 nitrogen and oxygen atoms in total. The van der Waals surface area contributed by atoms with E-state index in [2.05, 4.69) is 10.2 Å². The summed E-state index contributed by atoms with van der Waals surface area (Å²) in [5, 5.41) is 10.6. The molecule has 2 atom stereocenters. The first kappa shape index (κ1) is 9.10. The highest BCUT2D eigenvalue weighted by Gasteiger charge is 2.52. The predicted molar refractivity (Wildman–Crippen MR) is 57.7 cm³/mol. The van der Waals surface area contributed by atoms with Crippen molar-refractivity contribution in [3.63, 3.8) is 0 Å². The topological polar surface area (TPSA) is 25.8 Å². The standard InChI is InChI=1S/C10H13ClN2S/c11-5-8-12-13-10(14-8)9-6-3-1-2-4-7(6)9/h6-7,9H,1-5H2. The molecule has 14 heavy (non-hydrogen) atoms. The van der Waals surface area contributed by atoms with Crippen LogP contribution in [-0.2, 0) is 5.88 Å². The molecule has 0 amide bonds. The molecule has 2 aliphatic rings. The van der Waals surface area contributed by atoms with Gasteiger partial charge in [-0.2, -0.15) is 0 Å². The van der Waals surface area contributed by atoms with Crippen LogP contribution in [0.1, 0.15) is 41.6 Å². The van der Waals surface area contributed by atoms with Gasteiger partial charge in [0.05, 0.1) is 5.88 Å². The van der Waals surface area contributed by atoms with Gasteiger partial charge in [-0.15, -0.1) is 21.8 Å². The van der Waals surface area contributed by atoms with E-state index in [1.807, 2.05) is 0 Å². The Morgan fingerprint density at radius 2 is 1.93 bits per heavy atom. The van der Waals surface area contributed by atoms with Crippen LogP contribution in [0, 0.1) is 11.8 Å². The second kappa shape index (κ2) is 3.46. The lowest BCUT2D eigenvalue weighted by atomic mass is 10.0. The zero-order valence-corrected chi connectivity index (χ0v) is 9.52. The summed E-state index contributed by atoms with van der Waals surface area (Å²) in [6.45, 7) is 0. The molecule has 0 aromatic carbocycles. The Morgan fingerprint density at radius 3 is 2.50 bits per heavy atom. The molecular weight excluding hydrogens is 216 g/mol. The monoisotopic (exact) mass is 228 g/mol. The SMILES string of the molecule is ClCc1nnc(C2C3CCCCC32)s1. The van der Waals surface area contributed by atoms with E-state index in [9.17, 15) is 0 Å². The van der Waals surface area contributed by atoms with E-state index in [1.165, 1.54) is 30.7 Å². The molecule has 1 heterocycles. The summed E-state index contributed by atoms with van der Waals surface area (Å²) in [5.41, 5.74) is 0. The van der Waals surface area contributed by atoms with Crippen LogP contribution in [0.5, 0.6) is 0 Å². The molecule has 2 aliphatic carbocycles. The summed E-state index contributed by atoms with van der Waals surface area (Å²) in [4.78, 5) is 0. The van der Waals surface area contributed by atoms with Gasteiger partial charge >= 0.3 is 0 Å². The number of hydrogen-bond acceptors (Lipinski definition) is 3. The summed E-state index contributed by atoms with van der Waals surface area (Å²) in [5.74, 6) is 3.12. The van der Waals surface area contributed by atoms with Gasteiger partial charge in [-0.05, 0) is 24.7 Å². The zero-order valence-electron chi connectivity index (χ0n) is 7.95. The minimum Gasteiger partial charge on any atom is -0.143 e. The molecule has 4 heteroatoms. The minimum absolute atomic E-state index is 0.514. The quantitative estimate of drug-likeness (QED) is 0.727. The molecule has 0 aliphatic heterocycles. The number of aromatic nitrogens is 2. The fourth-order valence-corrected chi connectivity index (χ4v) is 3.98. The van der Waals surface area contributed by atoms with E-state index in [-0.39, 0.29) is 0 Å². The van der Waals surface area contributed by atoms with Crippen molar-refractivity contribution in [3.8, 4) is 0 Å². The van der Waals surface area contributed by atoms with Crippen molar-refractivity contribution >= 4 is 22.9 Å². The van der Waals surface area contributed by atoms with E-state index in [1.54, 1.807) is 11.3 Å². The molecule has 0 radical (unpaired) electrons. The second-order valence-electron chi connectivity index (χ2n) is 4.31. The number of alkyl halides is 1. The third-order valence-corrected chi connectivity index (χ3v) is 4.97. The first-order chi connectivity index (χ1) is 6.90. The lowest BCUT2D eigenvalue weighted by Gasteiger charge is -2.04. The van der Waals surface area contributed by atoms with Crippen LogP contribution in [0.2, 0.25) is 0 Å². The molecule has 1 aromatic rings.